The molecule has 0 atom stereocenters. The fourth-order valence-electron chi connectivity index (χ4n) is 3.24. The van der Waals surface area contributed by atoms with Gasteiger partial charge in [-0.25, -0.2) is 0 Å². The zero-order chi connectivity index (χ0) is 15.9. The van der Waals surface area contributed by atoms with Crippen LogP contribution in [0.4, 0.5) is 0 Å². The van der Waals surface area contributed by atoms with E-state index in [9.17, 15) is 4.79 Å². The van der Waals surface area contributed by atoms with Crippen LogP contribution < -0.4 is 11.1 Å². The number of carbonyl (C=O) groups excluding carboxylic acids is 1. The number of rotatable bonds is 3. The zero-order valence-electron chi connectivity index (χ0n) is 13.9. The molecule has 0 spiro atoms. The lowest BCUT2D eigenvalue weighted by Gasteiger charge is -2.26. The van der Waals surface area contributed by atoms with Crippen molar-refractivity contribution in [3.8, 4) is 0 Å². The molecule has 1 heterocycles. The smallest absolute Gasteiger partial charge is 0.272 e. The van der Waals surface area contributed by atoms with E-state index in [-0.39, 0.29) is 17.5 Å². The van der Waals surface area contributed by atoms with Gasteiger partial charge in [-0.3, -0.25) is 9.48 Å². The molecular formula is C17H28N4O. The predicted octanol–water partition coefficient (Wildman–Crippen LogP) is 2.52. The van der Waals surface area contributed by atoms with Gasteiger partial charge in [0, 0.05) is 23.7 Å². The van der Waals surface area contributed by atoms with Crippen LogP contribution in [0.3, 0.4) is 0 Å². The molecule has 0 radical (unpaired) electrons. The summed E-state index contributed by atoms with van der Waals surface area (Å²) in [5.74, 6) is 0.548. The van der Waals surface area contributed by atoms with E-state index in [0.29, 0.717) is 17.7 Å². The Labute approximate surface area is 132 Å². The number of hydrogen-bond donors (Lipinski definition) is 2. The fourth-order valence-corrected chi connectivity index (χ4v) is 3.24. The first kappa shape index (κ1) is 15.5. The first-order valence-corrected chi connectivity index (χ1v) is 8.51. The molecule has 5 nitrogen and oxygen atoms in total. The number of nitrogens with zero attached hydrogens (tertiary/aromatic N) is 2. The normalized spacial score (nSPS) is 26.0. The van der Waals surface area contributed by atoms with Crippen molar-refractivity contribution in [2.45, 2.75) is 82.8 Å². The first-order chi connectivity index (χ1) is 10.3. The maximum Gasteiger partial charge on any atom is 0.272 e. The molecular weight excluding hydrogens is 276 g/mol. The Morgan fingerprint density at radius 2 is 1.86 bits per heavy atom. The van der Waals surface area contributed by atoms with Crippen molar-refractivity contribution in [1.82, 2.24) is 15.1 Å². The maximum absolute atomic E-state index is 12.5. The Bertz CT molecular complexity index is 545. The fraction of sp³-hybridized carbons (Fsp3) is 0.765. The molecule has 1 aromatic heterocycles. The van der Waals surface area contributed by atoms with Crippen molar-refractivity contribution < 1.29 is 4.79 Å². The Morgan fingerprint density at radius 3 is 2.41 bits per heavy atom. The summed E-state index contributed by atoms with van der Waals surface area (Å²) < 4.78 is 2.04. The number of hydrogen-bond acceptors (Lipinski definition) is 3. The van der Waals surface area contributed by atoms with Crippen LogP contribution >= 0.6 is 0 Å². The van der Waals surface area contributed by atoms with Crippen molar-refractivity contribution in [2.75, 3.05) is 0 Å². The van der Waals surface area contributed by atoms with Gasteiger partial charge < -0.3 is 11.1 Å². The van der Waals surface area contributed by atoms with Gasteiger partial charge in [-0.2, -0.15) is 5.10 Å². The van der Waals surface area contributed by atoms with Gasteiger partial charge in [-0.05, 0) is 65.4 Å². The van der Waals surface area contributed by atoms with Crippen LogP contribution in [0.15, 0.2) is 6.07 Å². The summed E-state index contributed by atoms with van der Waals surface area (Å²) in [5, 5.41) is 7.74. The summed E-state index contributed by atoms with van der Waals surface area (Å²) in [6, 6.07) is 2.54. The molecule has 0 unspecified atom stereocenters. The van der Waals surface area contributed by atoms with Crippen LogP contribution in [0.25, 0.3) is 0 Å². The maximum atomic E-state index is 12.5. The second-order valence-electron chi connectivity index (χ2n) is 7.90. The molecule has 1 aromatic rings. The molecule has 0 aromatic carbocycles. The standard InChI is InChI=1S/C17H28N4O/c1-17(2,3)21-15(11-4-5-11)10-14(20-21)16(22)19-13-8-6-12(18)7-9-13/h10-13H,4-9,18H2,1-3H3,(H,19,22). The average molecular weight is 304 g/mol. The number of nitrogens with one attached hydrogen (secondary N) is 1. The van der Waals surface area contributed by atoms with Crippen LogP contribution in [-0.4, -0.2) is 27.8 Å². The van der Waals surface area contributed by atoms with Crippen molar-refractivity contribution in [3.63, 3.8) is 0 Å². The third-order valence-corrected chi connectivity index (χ3v) is 4.71. The monoisotopic (exact) mass is 304 g/mol. The van der Waals surface area contributed by atoms with E-state index in [1.54, 1.807) is 0 Å². The summed E-state index contributed by atoms with van der Waals surface area (Å²) >= 11 is 0. The van der Waals surface area contributed by atoms with E-state index < -0.39 is 0 Å². The van der Waals surface area contributed by atoms with Gasteiger partial charge in [0.15, 0.2) is 0 Å². The molecule has 2 fully saturated rings. The summed E-state index contributed by atoms with van der Waals surface area (Å²) in [5.41, 5.74) is 7.61. The van der Waals surface area contributed by atoms with E-state index in [1.807, 2.05) is 10.7 Å². The molecule has 3 N–H and O–H groups in total. The highest BCUT2D eigenvalue weighted by Crippen LogP contribution is 2.41. The lowest BCUT2D eigenvalue weighted by molar-refractivity contribution is 0.0919. The number of amides is 1. The van der Waals surface area contributed by atoms with Gasteiger partial charge >= 0.3 is 0 Å². The number of carbonyl (C=O) groups is 1. The Hall–Kier alpha value is -1.36. The Kier molecular flexibility index (Phi) is 4.02. The molecule has 0 aliphatic heterocycles. The summed E-state index contributed by atoms with van der Waals surface area (Å²) in [4.78, 5) is 12.5. The minimum Gasteiger partial charge on any atom is -0.348 e. The number of nitrogens with two attached hydrogens (primary N) is 1. The van der Waals surface area contributed by atoms with E-state index >= 15 is 0 Å². The molecule has 1 amide bonds. The minimum atomic E-state index is -0.0892. The summed E-state index contributed by atoms with van der Waals surface area (Å²) in [6.07, 6.45) is 6.36. The second-order valence-corrected chi connectivity index (χ2v) is 7.90. The first-order valence-electron chi connectivity index (χ1n) is 8.51. The van der Waals surface area contributed by atoms with Crippen LogP contribution in [0.1, 0.15) is 81.4 Å². The van der Waals surface area contributed by atoms with Crippen LogP contribution in [0.5, 0.6) is 0 Å². The Morgan fingerprint density at radius 1 is 1.23 bits per heavy atom. The topological polar surface area (TPSA) is 72.9 Å². The molecule has 2 saturated carbocycles. The highest BCUT2D eigenvalue weighted by molar-refractivity contribution is 5.92. The second kappa shape index (κ2) is 5.69. The van der Waals surface area contributed by atoms with Crippen LogP contribution in [0.2, 0.25) is 0 Å². The van der Waals surface area contributed by atoms with E-state index in [0.717, 1.165) is 25.7 Å². The molecule has 3 rings (SSSR count). The molecule has 0 bridgehead atoms. The Balaban J connectivity index is 1.72. The van der Waals surface area contributed by atoms with Crippen molar-refractivity contribution in [2.24, 2.45) is 5.73 Å². The SMILES string of the molecule is CC(C)(C)n1nc(C(=O)NC2CCC(N)CC2)cc1C1CC1. The average Bonchev–Trinajstić information content (AvgIpc) is 3.18. The van der Waals surface area contributed by atoms with Crippen molar-refractivity contribution in [1.29, 1.82) is 0 Å². The van der Waals surface area contributed by atoms with Gasteiger partial charge in [0.1, 0.15) is 5.69 Å². The predicted molar refractivity (Wildman–Crippen MR) is 86.9 cm³/mol. The zero-order valence-corrected chi connectivity index (χ0v) is 13.9. The van der Waals surface area contributed by atoms with Gasteiger partial charge in [0.05, 0.1) is 5.54 Å². The van der Waals surface area contributed by atoms with Gasteiger partial charge in [-0.1, -0.05) is 0 Å². The third kappa shape index (κ3) is 3.35. The molecule has 22 heavy (non-hydrogen) atoms. The third-order valence-electron chi connectivity index (χ3n) is 4.71. The van der Waals surface area contributed by atoms with Gasteiger partial charge in [0.2, 0.25) is 0 Å². The highest BCUT2D eigenvalue weighted by Gasteiger charge is 2.33. The van der Waals surface area contributed by atoms with E-state index in [1.165, 1.54) is 18.5 Å². The quantitative estimate of drug-likeness (QED) is 0.901. The molecule has 122 valence electrons. The molecule has 2 aliphatic carbocycles. The number of aromatic nitrogens is 2. The van der Waals surface area contributed by atoms with Crippen molar-refractivity contribution in [3.05, 3.63) is 17.5 Å². The van der Waals surface area contributed by atoms with E-state index in [2.05, 4.69) is 31.2 Å². The summed E-state index contributed by atoms with van der Waals surface area (Å²) in [7, 11) is 0. The molecule has 2 aliphatic rings. The van der Waals surface area contributed by atoms with Crippen molar-refractivity contribution >= 4 is 5.91 Å². The van der Waals surface area contributed by atoms with Crippen LogP contribution in [-0.2, 0) is 5.54 Å². The highest BCUT2D eigenvalue weighted by atomic mass is 16.2. The largest absolute Gasteiger partial charge is 0.348 e. The molecule has 5 heteroatoms. The summed E-state index contributed by atoms with van der Waals surface area (Å²) in [6.45, 7) is 6.41. The lowest BCUT2D eigenvalue weighted by atomic mass is 9.92. The van der Waals surface area contributed by atoms with Gasteiger partial charge in [0.25, 0.3) is 5.91 Å². The molecule has 0 saturated heterocycles. The van der Waals surface area contributed by atoms with Crippen LogP contribution in [0, 0.1) is 0 Å². The van der Waals surface area contributed by atoms with E-state index in [4.69, 9.17) is 5.73 Å². The lowest BCUT2D eigenvalue weighted by Crippen LogP contribution is -2.40. The van der Waals surface area contributed by atoms with Gasteiger partial charge in [-0.15, -0.1) is 0 Å². The minimum absolute atomic E-state index is 0.0367.